The molecule has 2 aromatic heterocycles. The van der Waals surface area contributed by atoms with Crippen LogP contribution in [0, 0.1) is 0 Å². The van der Waals surface area contributed by atoms with E-state index < -0.39 is 12.0 Å². The number of anilines is 2. The molecule has 0 radical (unpaired) electrons. The summed E-state index contributed by atoms with van der Waals surface area (Å²) in [4.78, 5) is 32.7. The number of halogens is 2. The second-order valence-corrected chi connectivity index (χ2v) is 8.11. The van der Waals surface area contributed by atoms with Crippen molar-refractivity contribution in [1.82, 2.24) is 9.97 Å². The average molecular weight is 481 g/mol. The van der Waals surface area contributed by atoms with E-state index in [1.807, 2.05) is 30.3 Å². The molecule has 0 bridgehead atoms. The van der Waals surface area contributed by atoms with Gasteiger partial charge in [-0.2, -0.15) is 0 Å². The summed E-state index contributed by atoms with van der Waals surface area (Å²) in [6.07, 6.45) is 2.79. The third-order valence-corrected chi connectivity index (χ3v) is 5.55. The molecule has 1 unspecified atom stereocenters. The maximum absolute atomic E-state index is 12.7. The summed E-state index contributed by atoms with van der Waals surface area (Å²) in [5.41, 5.74) is 3.32. The Labute approximate surface area is 199 Å². The van der Waals surface area contributed by atoms with Crippen LogP contribution in [-0.2, 0) is 4.79 Å². The van der Waals surface area contributed by atoms with Crippen molar-refractivity contribution >= 4 is 57.4 Å². The molecule has 0 saturated heterocycles. The number of amides is 1. The van der Waals surface area contributed by atoms with E-state index in [1.54, 1.807) is 31.2 Å². The molecule has 3 N–H and O–H groups in total. The van der Waals surface area contributed by atoms with E-state index in [0.29, 0.717) is 16.9 Å². The second-order valence-electron chi connectivity index (χ2n) is 7.29. The van der Waals surface area contributed by atoms with Gasteiger partial charge in [0.05, 0.1) is 32.6 Å². The van der Waals surface area contributed by atoms with Gasteiger partial charge in [0, 0.05) is 28.9 Å². The second kappa shape index (κ2) is 9.44. The predicted molar refractivity (Wildman–Crippen MR) is 130 cm³/mol. The number of fused-ring (bicyclic) bond motifs is 1. The molecule has 4 aromatic rings. The Morgan fingerprint density at radius 1 is 1.00 bits per heavy atom. The van der Waals surface area contributed by atoms with Crippen LogP contribution in [0.25, 0.3) is 22.2 Å². The summed E-state index contributed by atoms with van der Waals surface area (Å²) in [5, 5.41) is 16.4. The van der Waals surface area contributed by atoms with Crippen LogP contribution in [0.5, 0.6) is 0 Å². The number of rotatable bonds is 6. The Hall–Kier alpha value is -3.68. The zero-order chi connectivity index (χ0) is 23.5. The highest BCUT2D eigenvalue weighted by atomic mass is 35.5. The van der Waals surface area contributed by atoms with E-state index in [-0.39, 0.29) is 21.6 Å². The zero-order valence-corrected chi connectivity index (χ0v) is 18.9. The lowest BCUT2D eigenvalue weighted by atomic mass is 10.0. The normalized spacial score (nSPS) is 11.7. The van der Waals surface area contributed by atoms with Crippen molar-refractivity contribution in [1.29, 1.82) is 0 Å². The minimum absolute atomic E-state index is 0.233. The fourth-order valence-corrected chi connectivity index (χ4v) is 3.70. The molecule has 33 heavy (non-hydrogen) atoms. The van der Waals surface area contributed by atoms with Crippen LogP contribution in [0.3, 0.4) is 0 Å². The molecule has 0 aliphatic carbocycles. The summed E-state index contributed by atoms with van der Waals surface area (Å²) < 4.78 is 0. The van der Waals surface area contributed by atoms with Gasteiger partial charge in [-0.3, -0.25) is 14.6 Å². The monoisotopic (exact) mass is 480 g/mol. The maximum Gasteiger partial charge on any atom is 0.325 e. The number of carbonyl (C=O) groups is 2. The Bertz CT molecular complexity index is 1340. The van der Waals surface area contributed by atoms with Gasteiger partial charge in [0.2, 0.25) is 0 Å². The molecule has 1 amide bonds. The number of nitrogens with zero attached hydrogens (tertiary/aromatic N) is 2. The maximum atomic E-state index is 12.7. The van der Waals surface area contributed by atoms with Gasteiger partial charge < -0.3 is 15.7 Å². The Balaban J connectivity index is 1.67. The molecule has 9 heteroatoms. The third-order valence-electron chi connectivity index (χ3n) is 4.98. The first-order valence-electron chi connectivity index (χ1n) is 9.93. The highest BCUT2D eigenvalue weighted by molar-refractivity contribution is 6.39. The van der Waals surface area contributed by atoms with Crippen molar-refractivity contribution in [3.8, 4) is 11.3 Å². The molecule has 0 fully saturated rings. The minimum Gasteiger partial charge on any atom is -0.480 e. The third kappa shape index (κ3) is 4.89. The van der Waals surface area contributed by atoms with Crippen molar-refractivity contribution in [3.63, 3.8) is 0 Å². The van der Waals surface area contributed by atoms with Crippen molar-refractivity contribution in [3.05, 3.63) is 82.6 Å². The van der Waals surface area contributed by atoms with E-state index in [2.05, 4.69) is 15.6 Å². The van der Waals surface area contributed by atoms with Crippen LogP contribution in [-0.4, -0.2) is 33.0 Å². The molecule has 0 aliphatic rings. The Morgan fingerprint density at radius 3 is 2.33 bits per heavy atom. The lowest BCUT2D eigenvalue weighted by Crippen LogP contribution is -2.25. The van der Waals surface area contributed by atoms with Gasteiger partial charge in [-0.05, 0) is 31.2 Å². The van der Waals surface area contributed by atoms with E-state index in [4.69, 9.17) is 28.2 Å². The number of carboxylic acid groups (broad SMARTS) is 1. The predicted octanol–water partition coefficient (Wildman–Crippen LogP) is 5.74. The van der Waals surface area contributed by atoms with Crippen LogP contribution in [0.4, 0.5) is 11.4 Å². The molecule has 166 valence electrons. The van der Waals surface area contributed by atoms with Gasteiger partial charge in [-0.25, -0.2) is 4.98 Å². The van der Waals surface area contributed by atoms with Crippen molar-refractivity contribution in [2.75, 3.05) is 10.6 Å². The van der Waals surface area contributed by atoms with Gasteiger partial charge in [0.1, 0.15) is 6.04 Å². The summed E-state index contributed by atoms with van der Waals surface area (Å²) >= 11 is 12.2. The smallest absolute Gasteiger partial charge is 0.325 e. The largest absolute Gasteiger partial charge is 0.480 e. The first kappa shape index (κ1) is 22.5. The van der Waals surface area contributed by atoms with E-state index in [9.17, 15) is 14.7 Å². The number of hydrogen-bond donors (Lipinski definition) is 3. The lowest BCUT2D eigenvalue weighted by molar-refractivity contribution is -0.137. The summed E-state index contributed by atoms with van der Waals surface area (Å²) in [6, 6.07) is 15.4. The highest BCUT2D eigenvalue weighted by Crippen LogP contribution is 2.32. The van der Waals surface area contributed by atoms with E-state index in [1.165, 1.54) is 12.4 Å². The molecule has 0 saturated carbocycles. The fraction of sp³-hybridized carbons (Fsp3) is 0.0833. The topological polar surface area (TPSA) is 104 Å². The molecule has 0 aliphatic heterocycles. The van der Waals surface area contributed by atoms with Crippen molar-refractivity contribution in [2.45, 2.75) is 13.0 Å². The zero-order valence-electron chi connectivity index (χ0n) is 17.3. The molecule has 2 aromatic carbocycles. The number of aliphatic carboxylic acids is 1. The van der Waals surface area contributed by atoms with Crippen LogP contribution in [0.1, 0.15) is 17.3 Å². The molecule has 4 rings (SSSR count). The van der Waals surface area contributed by atoms with Crippen LogP contribution < -0.4 is 10.6 Å². The number of carboxylic acids is 1. The Morgan fingerprint density at radius 2 is 1.67 bits per heavy atom. The van der Waals surface area contributed by atoms with E-state index in [0.717, 1.165) is 16.5 Å². The molecule has 7 nitrogen and oxygen atoms in total. The number of nitrogens with one attached hydrogen (secondary N) is 2. The van der Waals surface area contributed by atoms with Gasteiger partial charge in [0.25, 0.3) is 5.91 Å². The fourth-order valence-electron chi connectivity index (χ4n) is 3.24. The number of aromatic nitrogens is 2. The highest BCUT2D eigenvalue weighted by Gasteiger charge is 2.17. The molecule has 1 atom stereocenters. The average Bonchev–Trinajstić information content (AvgIpc) is 2.81. The summed E-state index contributed by atoms with van der Waals surface area (Å²) in [6.45, 7) is 1.56. The molecule has 2 heterocycles. The number of para-hydroxylation sites is 1. The van der Waals surface area contributed by atoms with Crippen LogP contribution >= 0.6 is 23.2 Å². The van der Waals surface area contributed by atoms with Crippen molar-refractivity contribution < 1.29 is 14.7 Å². The van der Waals surface area contributed by atoms with Crippen LogP contribution in [0.2, 0.25) is 10.0 Å². The van der Waals surface area contributed by atoms with E-state index >= 15 is 0 Å². The molecular weight excluding hydrogens is 463 g/mol. The van der Waals surface area contributed by atoms with Gasteiger partial charge in [-0.1, -0.05) is 53.5 Å². The number of benzene rings is 2. The number of hydrogen-bond acceptors (Lipinski definition) is 5. The van der Waals surface area contributed by atoms with Crippen molar-refractivity contribution in [2.24, 2.45) is 0 Å². The molecular formula is C24H18Cl2N4O3. The summed E-state index contributed by atoms with van der Waals surface area (Å²) in [5.74, 6) is -1.37. The van der Waals surface area contributed by atoms with Gasteiger partial charge in [-0.15, -0.1) is 0 Å². The number of pyridine rings is 2. The minimum atomic E-state index is -0.977. The first-order chi connectivity index (χ1) is 15.8. The molecule has 0 spiro atoms. The van der Waals surface area contributed by atoms with Gasteiger partial charge in [0.15, 0.2) is 0 Å². The standard InChI is InChI=1S/C24H18Cl2N4O3/c1-13(24(32)33)28-20-10-16-4-2-3-5-19(16)29-21(20)14-6-8-15(9-7-14)23(31)30-22-17(25)11-27-12-18(22)26/h2-13,28H,1H3,(H,32,33)(H,27,30,31). The van der Waals surface area contributed by atoms with Crippen LogP contribution in [0.15, 0.2) is 67.0 Å². The number of carbonyl (C=O) groups excluding carboxylic acids is 1. The summed E-state index contributed by atoms with van der Waals surface area (Å²) in [7, 11) is 0. The Kier molecular flexibility index (Phi) is 6.44. The SMILES string of the molecule is CC(Nc1cc2ccccc2nc1-c1ccc(C(=O)Nc2c(Cl)cncc2Cl)cc1)C(=O)O. The lowest BCUT2D eigenvalue weighted by Gasteiger charge is -2.16. The van der Waals surface area contributed by atoms with Gasteiger partial charge >= 0.3 is 5.97 Å². The first-order valence-corrected chi connectivity index (χ1v) is 10.7. The quantitative estimate of drug-likeness (QED) is 0.325.